The lowest BCUT2D eigenvalue weighted by Gasteiger charge is -2.30. The summed E-state index contributed by atoms with van der Waals surface area (Å²) >= 11 is 6.03. The summed E-state index contributed by atoms with van der Waals surface area (Å²) in [6.07, 6.45) is -0.284. The number of hydrogen-bond acceptors (Lipinski definition) is 6. The Morgan fingerprint density at radius 2 is 2.00 bits per heavy atom. The smallest absolute Gasteiger partial charge is 0.369 e. The molecule has 166 valence electrons. The summed E-state index contributed by atoms with van der Waals surface area (Å²) in [6.45, 7) is -1.03. The van der Waals surface area contributed by atoms with E-state index in [1.807, 2.05) is 5.32 Å². The lowest BCUT2D eigenvalue weighted by Crippen LogP contribution is -2.52. The van der Waals surface area contributed by atoms with Gasteiger partial charge < -0.3 is 16.0 Å². The molecule has 2 aliphatic rings. The zero-order valence-electron chi connectivity index (χ0n) is 16.2. The maximum absolute atomic E-state index is 14.5. The van der Waals surface area contributed by atoms with Crippen molar-refractivity contribution in [1.29, 1.82) is 0 Å². The van der Waals surface area contributed by atoms with Crippen molar-refractivity contribution in [1.82, 2.24) is 20.3 Å². The van der Waals surface area contributed by atoms with Crippen LogP contribution in [0.15, 0.2) is 18.5 Å². The molecule has 0 saturated heterocycles. The second kappa shape index (κ2) is 8.10. The molecule has 2 aromatic heterocycles. The van der Waals surface area contributed by atoms with E-state index >= 15 is 0 Å². The van der Waals surface area contributed by atoms with Crippen molar-refractivity contribution in [3.05, 3.63) is 40.7 Å². The third-order valence-electron chi connectivity index (χ3n) is 5.51. The van der Waals surface area contributed by atoms with Crippen LogP contribution in [0.4, 0.5) is 29.2 Å². The van der Waals surface area contributed by atoms with Crippen molar-refractivity contribution >= 4 is 29.1 Å². The molecule has 4 rings (SSSR count). The molecule has 1 aliphatic carbocycles. The van der Waals surface area contributed by atoms with Gasteiger partial charge in [0.05, 0.1) is 17.1 Å². The number of hydrogen-bond donors (Lipinski definition) is 3. The first-order chi connectivity index (χ1) is 14.7. The largest absolute Gasteiger partial charge is 0.405 e. The van der Waals surface area contributed by atoms with Gasteiger partial charge in [-0.2, -0.15) is 13.2 Å². The molecule has 1 fully saturated rings. The third kappa shape index (κ3) is 4.51. The molecule has 12 heteroatoms. The minimum atomic E-state index is -4.54. The molecular weight excluding hydrogens is 440 g/mol. The van der Waals surface area contributed by atoms with E-state index in [1.54, 1.807) is 6.07 Å². The first-order valence-electron chi connectivity index (χ1n) is 9.72. The van der Waals surface area contributed by atoms with Crippen LogP contribution in [0.5, 0.6) is 0 Å². The average Bonchev–Trinajstić information content (AvgIpc) is 3.35. The van der Waals surface area contributed by atoms with Gasteiger partial charge >= 0.3 is 6.18 Å². The summed E-state index contributed by atoms with van der Waals surface area (Å²) in [5, 5.41) is 8.23. The Hall–Kier alpha value is -2.69. The predicted molar refractivity (Wildman–Crippen MR) is 105 cm³/mol. The van der Waals surface area contributed by atoms with Crippen LogP contribution in [0.2, 0.25) is 5.02 Å². The van der Waals surface area contributed by atoms with E-state index in [2.05, 4.69) is 25.6 Å². The number of rotatable bonds is 5. The number of fused-ring (bicyclic) bond motifs is 1. The molecule has 0 bridgehead atoms. The molecule has 3 heterocycles. The van der Waals surface area contributed by atoms with Gasteiger partial charge in [0.25, 0.3) is 0 Å². The van der Waals surface area contributed by atoms with Gasteiger partial charge in [-0.15, -0.1) is 0 Å². The van der Waals surface area contributed by atoms with Crippen LogP contribution in [-0.2, 0) is 4.79 Å². The van der Waals surface area contributed by atoms with Gasteiger partial charge in [0.15, 0.2) is 11.6 Å². The van der Waals surface area contributed by atoms with Gasteiger partial charge in [-0.1, -0.05) is 24.4 Å². The van der Waals surface area contributed by atoms with Crippen LogP contribution in [0.3, 0.4) is 0 Å². The molecule has 0 aromatic carbocycles. The summed E-state index contributed by atoms with van der Waals surface area (Å²) in [5.74, 6) is -1.29. The fraction of sp³-hybridized carbons (Fsp3) is 0.474. The van der Waals surface area contributed by atoms with E-state index in [4.69, 9.17) is 11.6 Å². The Morgan fingerprint density at radius 3 is 2.71 bits per heavy atom. The van der Waals surface area contributed by atoms with Crippen LogP contribution in [0.1, 0.15) is 43.0 Å². The summed E-state index contributed by atoms with van der Waals surface area (Å²) in [4.78, 5) is 25.1. The molecule has 1 atom stereocenters. The first-order valence-corrected chi connectivity index (χ1v) is 10.1. The van der Waals surface area contributed by atoms with Crippen molar-refractivity contribution in [2.24, 2.45) is 0 Å². The van der Waals surface area contributed by atoms with Gasteiger partial charge in [0, 0.05) is 18.3 Å². The summed E-state index contributed by atoms with van der Waals surface area (Å²) in [6, 6.07) is 1.72. The highest BCUT2D eigenvalue weighted by Crippen LogP contribution is 2.37. The standard InChI is InChI=1S/C19H19ClF4N6O/c20-10-5-11-12(7-26-14(11)25-6-10)15-27-8-13(21)16(29-15)30-18(3-1-2-4-18)17(31)28-9-19(22,23)24/h5-6,8,12H,1-4,7,9H2,(H,25,26)(H,28,31)(H,27,29,30). The van der Waals surface area contributed by atoms with E-state index in [9.17, 15) is 22.4 Å². The average molecular weight is 459 g/mol. The van der Waals surface area contributed by atoms with E-state index in [1.165, 1.54) is 6.20 Å². The van der Waals surface area contributed by atoms with E-state index in [0.717, 1.165) is 11.8 Å². The summed E-state index contributed by atoms with van der Waals surface area (Å²) in [5.41, 5.74) is -0.613. The number of pyridine rings is 1. The minimum Gasteiger partial charge on any atom is -0.369 e. The number of halogens is 5. The Morgan fingerprint density at radius 1 is 1.26 bits per heavy atom. The molecule has 1 saturated carbocycles. The van der Waals surface area contributed by atoms with Crippen molar-refractivity contribution in [2.45, 2.75) is 43.3 Å². The number of nitrogens with zero attached hydrogens (tertiary/aromatic N) is 3. The lowest BCUT2D eigenvalue weighted by molar-refractivity contribution is -0.141. The fourth-order valence-corrected chi connectivity index (χ4v) is 4.17. The highest BCUT2D eigenvalue weighted by molar-refractivity contribution is 6.30. The number of aromatic nitrogens is 3. The van der Waals surface area contributed by atoms with Crippen molar-refractivity contribution in [2.75, 3.05) is 23.7 Å². The minimum absolute atomic E-state index is 0.225. The number of anilines is 2. The quantitative estimate of drug-likeness (QED) is 0.593. The van der Waals surface area contributed by atoms with E-state index < -0.39 is 30.0 Å². The zero-order chi connectivity index (χ0) is 22.2. The van der Waals surface area contributed by atoms with Gasteiger partial charge in [-0.25, -0.2) is 19.3 Å². The summed E-state index contributed by atoms with van der Waals surface area (Å²) in [7, 11) is 0. The monoisotopic (exact) mass is 458 g/mol. The molecular formula is C19H19ClF4N6O. The molecule has 0 radical (unpaired) electrons. The van der Waals surface area contributed by atoms with Crippen LogP contribution in [0, 0.1) is 5.82 Å². The number of carbonyl (C=O) groups is 1. The van der Waals surface area contributed by atoms with Crippen molar-refractivity contribution in [3.8, 4) is 0 Å². The maximum Gasteiger partial charge on any atom is 0.405 e. The highest BCUT2D eigenvalue weighted by Gasteiger charge is 2.43. The maximum atomic E-state index is 14.5. The van der Waals surface area contributed by atoms with E-state index in [0.29, 0.717) is 30.2 Å². The molecule has 2 aromatic rings. The zero-order valence-corrected chi connectivity index (χ0v) is 16.9. The normalized spacial score (nSPS) is 19.6. The van der Waals surface area contributed by atoms with Crippen molar-refractivity contribution in [3.63, 3.8) is 0 Å². The second-order valence-corrected chi connectivity index (χ2v) is 8.10. The Balaban J connectivity index is 1.60. The van der Waals surface area contributed by atoms with Gasteiger partial charge in [0.1, 0.15) is 23.7 Å². The molecule has 1 aliphatic heterocycles. The topological polar surface area (TPSA) is 91.8 Å². The van der Waals surface area contributed by atoms with Gasteiger partial charge in [-0.3, -0.25) is 4.79 Å². The van der Waals surface area contributed by atoms with Crippen LogP contribution >= 0.6 is 11.6 Å². The van der Waals surface area contributed by atoms with Crippen molar-refractivity contribution < 1.29 is 22.4 Å². The van der Waals surface area contributed by atoms with Gasteiger partial charge in [0.2, 0.25) is 5.91 Å². The molecule has 3 N–H and O–H groups in total. The van der Waals surface area contributed by atoms with E-state index in [-0.39, 0.29) is 30.4 Å². The Kier molecular flexibility index (Phi) is 5.63. The SMILES string of the molecule is O=C(NCC(F)(F)F)C1(Nc2nc(C3CNc4ncc(Cl)cc43)ncc2F)CCCC1. The predicted octanol–water partition coefficient (Wildman–Crippen LogP) is 3.62. The summed E-state index contributed by atoms with van der Waals surface area (Å²) < 4.78 is 52.2. The molecule has 1 amide bonds. The lowest BCUT2D eigenvalue weighted by atomic mass is 9.96. The highest BCUT2D eigenvalue weighted by atomic mass is 35.5. The molecule has 0 spiro atoms. The number of nitrogens with one attached hydrogen (secondary N) is 3. The molecule has 31 heavy (non-hydrogen) atoms. The third-order valence-corrected chi connectivity index (χ3v) is 5.71. The Bertz CT molecular complexity index is 996. The van der Waals surface area contributed by atoms with Crippen LogP contribution in [-0.4, -0.2) is 45.7 Å². The number of amides is 1. The van der Waals surface area contributed by atoms with Gasteiger partial charge in [-0.05, 0) is 18.9 Å². The van der Waals surface area contributed by atoms with Crippen LogP contribution in [0.25, 0.3) is 0 Å². The number of alkyl halides is 3. The molecule has 1 unspecified atom stereocenters. The second-order valence-electron chi connectivity index (χ2n) is 7.66. The molecule has 7 nitrogen and oxygen atoms in total. The number of carbonyl (C=O) groups excluding carboxylic acids is 1. The first kappa shape index (κ1) is 21.5. The van der Waals surface area contributed by atoms with Crippen LogP contribution < -0.4 is 16.0 Å². The Labute approximate surface area is 180 Å². The fourth-order valence-electron chi connectivity index (χ4n) is 4.01.